The summed E-state index contributed by atoms with van der Waals surface area (Å²) in [5, 5.41) is 9.73. The number of hydrogen-bond donors (Lipinski definition) is 0. The highest BCUT2D eigenvalue weighted by Crippen LogP contribution is 2.46. The lowest BCUT2D eigenvalue weighted by molar-refractivity contribution is -0.138. The van der Waals surface area contributed by atoms with Gasteiger partial charge in [-0.25, -0.2) is 0 Å². The van der Waals surface area contributed by atoms with E-state index in [1.165, 1.54) is 16.0 Å². The maximum atomic E-state index is 12.2. The first-order valence-electron chi connectivity index (χ1n) is 10.5. The Hall–Kier alpha value is -2.66. The normalized spacial score (nSPS) is 23.1. The Bertz CT molecular complexity index is 1080. The molecule has 1 amide bonds. The molecule has 5 rings (SSSR count). The number of aromatic nitrogens is 2. The van der Waals surface area contributed by atoms with Crippen LogP contribution in [0.5, 0.6) is 0 Å². The maximum Gasteiger partial charge on any atom is 0.222 e. The van der Waals surface area contributed by atoms with Gasteiger partial charge in [0.2, 0.25) is 5.91 Å². The molecule has 0 N–H and O–H groups in total. The van der Waals surface area contributed by atoms with Crippen molar-refractivity contribution < 1.29 is 4.79 Å². The summed E-state index contributed by atoms with van der Waals surface area (Å²) < 4.78 is 0. The molecule has 1 aromatic heterocycles. The van der Waals surface area contributed by atoms with E-state index in [1.807, 2.05) is 54.4 Å². The number of hydrogen-bond acceptors (Lipinski definition) is 4. The number of likely N-dealkylation sites (N-methyl/N-ethyl adjacent to an activating group) is 1. The van der Waals surface area contributed by atoms with Gasteiger partial charge < -0.3 is 4.90 Å². The van der Waals surface area contributed by atoms with Crippen LogP contribution in [0, 0.1) is 0 Å². The van der Waals surface area contributed by atoms with Crippen LogP contribution in [-0.4, -0.2) is 34.1 Å². The Kier molecular flexibility index (Phi) is 4.86. The average Bonchev–Trinajstić information content (AvgIpc) is 2.78. The van der Waals surface area contributed by atoms with E-state index in [9.17, 15) is 4.79 Å². The van der Waals surface area contributed by atoms with Gasteiger partial charge in [0.1, 0.15) is 5.03 Å². The molecule has 0 radical (unpaired) electrons. The molecule has 3 aromatic rings. The molecule has 2 atom stereocenters. The van der Waals surface area contributed by atoms with E-state index in [2.05, 4.69) is 35.3 Å². The number of amides is 1. The largest absolute Gasteiger partial charge is 0.342 e. The van der Waals surface area contributed by atoms with Gasteiger partial charge in [0.05, 0.1) is 5.69 Å². The lowest BCUT2D eigenvalue weighted by atomic mass is 9.63. The van der Waals surface area contributed by atoms with Gasteiger partial charge in [-0.3, -0.25) is 4.79 Å². The van der Waals surface area contributed by atoms with Gasteiger partial charge >= 0.3 is 0 Å². The van der Waals surface area contributed by atoms with Crippen LogP contribution in [0.15, 0.2) is 70.6 Å². The minimum Gasteiger partial charge on any atom is -0.342 e. The Labute approximate surface area is 181 Å². The number of piperidine rings is 1. The monoisotopic (exact) mass is 415 g/mol. The molecule has 5 heteroatoms. The van der Waals surface area contributed by atoms with Crippen molar-refractivity contribution in [3.05, 3.63) is 71.8 Å². The molecule has 2 aromatic carbocycles. The van der Waals surface area contributed by atoms with Crippen LogP contribution in [0.4, 0.5) is 0 Å². The van der Waals surface area contributed by atoms with Crippen LogP contribution < -0.4 is 0 Å². The van der Waals surface area contributed by atoms with Crippen molar-refractivity contribution in [2.75, 3.05) is 7.05 Å². The molecule has 1 fully saturated rings. The van der Waals surface area contributed by atoms with Gasteiger partial charge in [-0.15, -0.1) is 10.2 Å². The number of fused-ring (bicyclic) bond motifs is 3. The van der Waals surface area contributed by atoms with Gasteiger partial charge in [-0.1, -0.05) is 55.1 Å². The van der Waals surface area contributed by atoms with Crippen LogP contribution in [0.2, 0.25) is 0 Å². The molecule has 1 aliphatic carbocycles. The zero-order valence-corrected chi connectivity index (χ0v) is 18.2. The number of aryl methyl sites for hydroxylation is 1. The lowest BCUT2D eigenvalue weighted by Gasteiger charge is -2.50. The predicted octanol–water partition coefficient (Wildman–Crippen LogP) is 5.12. The Morgan fingerprint density at radius 3 is 2.63 bits per heavy atom. The number of benzene rings is 2. The Balaban J connectivity index is 1.37. The first kappa shape index (κ1) is 19.3. The van der Waals surface area contributed by atoms with Gasteiger partial charge in [0.25, 0.3) is 0 Å². The molecule has 2 aliphatic rings. The number of likely N-dealkylation sites (tertiary alicyclic amines) is 1. The minimum atomic E-state index is 0.0522. The fourth-order valence-electron chi connectivity index (χ4n) is 5.09. The zero-order valence-electron chi connectivity index (χ0n) is 17.3. The van der Waals surface area contributed by atoms with Gasteiger partial charge in [0.15, 0.2) is 0 Å². The Morgan fingerprint density at radius 2 is 1.87 bits per heavy atom. The highest BCUT2D eigenvalue weighted by molar-refractivity contribution is 7.99. The smallest absolute Gasteiger partial charge is 0.222 e. The molecule has 1 saturated heterocycles. The van der Waals surface area contributed by atoms with Gasteiger partial charge in [-0.2, -0.15) is 0 Å². The van der Waals surface area contributed by atoms with Crippen molar-refractivity contribution in [2.24, 2.45) is 0 Å². The molecule has 0 saturated carbocycles. The topological polar surface area (TPSA) is 46.1 Å². The molecule has 1 aliphatic heterocycles. The maximum absolute atomic E-state index is 12.2. The van der Waals surface area contributed by atoms with Crippen molar-refractivity contribution in [2.45, 2.75) is 54.0 Å². The van der Waals surface area contributed by atoms with Crippen molar-refractivity contribution >= 4 is 17.7 Å². The van der Waals surface area contributed by atoms with Crippen molar-refractivity contribution in [1.29, 1.82) is 0 Å². The van der Waals surface area contributed by atoms with E-state index >= 15 is 0 Å². The summed E-state index contributed by atoms with van der Waals surface area (Å²) in [5.74, 6) is 0.283. The van der Waals surface area contributed by atoms with Crippen LogP contribution in [0.1, 0.15) is 37.3 Å². The first-order valence-corrected chi connectivity index (χ1v) is 11.3. The minimum absolute atomic E-state index is 0.0522. The first-order chi connectivity index (χ1) is 14.5. The summed E-state index contributed by atoms with van der Waals surface area (Å²) in [7, 11) is 1.97. The Morgan fingerprint density at radius 1 is 1.03 bits per heavy atom. The third kappa shape index (κ3) is 3.31. The van der Waals surface area contributed by atoms with E-state index in [0.717, 1.165) is 35.5 Å². The molecular weight excluding hydrogens is 390 g/mol. The summed E-state index contributed by atoms with van der Waals surface area (Å²) >= 11 is 1.66. The molecule has 4 nitrogen and oxygen atoms in total. The molecule has 2 heterocycles. The fourth-order valence-corrected chi connectivity index (χ4v) is 5.88. The second-order valence-corrected chi connectivity index (χ2v) is 9.61. The number of nitrogens with zero attached hydrogens (tertiary/aromatic N) is 3. The van der Waals surface area contributed by atoms with E-state index in [4.69, 9.17) is 0 Å². The van der Waals surface area contributed by atoms with Crippen LogP contribution in [0.25, 0.3) is 11.3 Å². The molecular formula is C25H25N3OS. The third-order valence-electron chi connectivity index (χ3n) is 6.77. The second kappa shape index (κ2) is 7.55. The van der Waals surface area contributed by atoms with Crippen molar-refractivity contribution in [3.8, 4) is 11.3 Å². The predicted molar refractivity (Wildman–Crippen MR) is 119 cm³/mol. The summed E-state index contributed by atoms with van der Waals surface area (Å²) in [6.45, 7) is 2.33. The number of carbonyl (C=O) groups excluding carboxylic acids is 1. The van der Waals surface area contributed by atoms with E-state index in [0.29, 0.717) is 12.5 Å². The number of rotatable bonds is 3. The second-order valence-electron chi connectivity index (χ2n) is 8.52. The summed E-state index contributed by atoms with van der Waals surface area (Å²) in [5.41, 5.74) is 4.84. The van der Waals surface area contributed by atoms with Crippen molar-refractivity contribution in [3.63, 3.8) is 0 Å². The third-order valence-corrected chi connectivity index (χ3v) is 7.68. The summed E-state index contributed by atoms with van der Waals surface area (Å²) in [4.78, 5) is 15.4. The standard InChI is InChI=1S/C25H25N3OS/c1-25-15-14-24(29)28(2)22(25)12-8-18-16-19(9-10-20(18)25)30-23-13-11-21(26-27-23)17-6-4-3-5-7-17/h3-7,9-11,13,16,22H,8,12,14-15H2,1-2H3/t22-,25-/m1/s1. The quantitative estimate of drug-likeness (QED) is 0.596. The zero-order chi connectivity index (χ0) is 20.7. The van der Waals surface area contributed by atoms with Crippen LogP contribution >= 0.6 is 11.8 Å². The van der Waals surface area contributed by atoms with Crippen molar-refractivity contribution in [1.82, 2.24) is 15.1 Å². The summed E-state index contributed by atoms with van der Waals surface area (Å²) in [6, 6.07) is 21.3. The fraction of sp³-hybridized carbons (Fsp3) is 0.320. The van der Waals surface area contributed by atoms with E-state index in [1.54, 1.807) is 11.8 Å². The molecule has 152 valence electrons. The van der Waals surface area contributed by atoms with Crippen LogP contribution in [-0.2, 0) is 16.6 Å². The summed E-state index contributed by atoms with van der Waals surface area (Å²) in [6.07, 6.45) is 3.63. The lowest BCUT2D eigenvalue weighted by Crippen LogP contribution is -2.56. The number of carbonyl (C=O) groups is 1. The SMILES string of the molecule is CN1C(=O)CC[C@]2(C)c3ccc(Sc4ccc(-c5ccccc5)nn4)cc3CC[C@@H]12. The molecule has 0 unspecified atom stereocenters. The highest BCUT2D eigenvalue weighted by Gasteiger charge is 2.46. The average molecular weight is 416 g/mol. The van der Waals surface area contributed by atoms with Gasteiger partial charge in [-0.05, 0) is 54.7 Å². The molecule has 0 bridgehead atoms. The van der Waals surface area contributed by atoms with Gasteiger partial charge in [0, 0.05) is 35.4 Å². The molecule has 30 heavy (non-hydrogen) atoms. The van der Waals surface area contributed by atoms with Crippen LogP contribution in [0.3, 0.4) is 0 Å². The van der Waals surface area contributed by atoms with E-state index in [-0.39, 0.29) is 11.3 Å². The highest BCUT2D eigenvalue weighted by atomic mass is 32.2. The van der Waals surface area contributed by atoms with E-state index < -0.39 is 0 Å². The molecule has 0 spiro atoms.